The molecule has 19 heavy (non-hydrogen) atoms. The van der Waals surface area contributed by atoms with Crippen molar-refractivity contribution in [3.05, 3.63) is 24.3 Å². The Kier molecular flexibility index (Phi) is 4.26. The van der Waals surface area contributed by atoms with E-state index in [-0.39, 0.29) is 5.75 Å². The Balaban J connectivity index is 2.35. The van der Waals surface area contributed by atoms with Crippen molar-refractivity contribution in [2.75, 3.05) is 5.75 Å². The van der Waals surface area contributed by atoms with E-state index in [1.807, 2.05) is 29.3 Å². The number of aromatic nitrogens is 4. The minimum Gasteiger partial charge on any atom is -0.481 e. The Hall–Kier alpha value is -1.76. The first kappa shape index (κ1) is 13.7. The summed E-state index contributed by atoms with van der Waals surface area (Å²) in [6.07, 6.45) is 6.33. The van der Waals surface area contributed by atoms with Crippen molar-refractivity contribution >= 4 is 17.7 Å². The third-order valence-corrected chi connectivity index (χ3v) is 3.63. The lowest BCUT2D eigenvalue weighted by molar-refractivity contribution is -0.133. The molecule has 6 nitrogen and oxygen atoms in total. The average Bonchev–Trinajstić information content (AvgIpc) is 3.01. The van der Waals surface area contributed by atoms with Crippen molar-refractivity contribution in [1.82, 2.24) is 19.3 Å². The van der Waals surface area contributed by atoms with E-state index in [4.69, 9.17) is 5.11 Å². The molecule has 0 amide bonds. The molecule has 2 heterocycles. The van der Waals surface area contributed by atoms with Gasteiger partial charge in [-0.3, -0.25) is 14.0 Å². The summed E-state index contributed by atoms with van der Waals surface area (Å²) in [6, 6.07) is 0. The minimum atomic E-state index is -0.846. The first-order valence-corrected chi connectivity index (χ1v) is 7.08. The van der Waals surface area contributed by atoms with Crippen LogP contribution in [0.5, 0.6) is 0 Å². The van der Waals surface area contributed by atoms with Crippen LogP contribution in [0.15, 0.2) is 23.7 Å². The van der Waals surface area contributed by atoms with E-state index in [0.717, 1.165) is 24.3 Å². The van der Waals surface area contributed by atoms with Crippen LogP contribution in [-0.2, 0) is 17.8 Å². The lowest BCUT2D eigenvalue weighted by atomic mass is 10.3. The van der Waals surface area contributed by atoms with Gasteiger partial charge in [-0.1, -0.05) is 18.7 Å². The molecule has 0 atom stereocenters. The molecular weight excluding hydrogens is 264 g/mol. The number of hydrogen-bond donors (Lipinski definition) is 1. The molecule has 0 spiro atoms. The van der Waals surface area contributed by atoms with Gasteiger partial charge < -0.3 is 5.11 Å². The molecule has 7 heteroatoms. The molecule has 0 aliphatic heterocycles. The number of aryl methyl sites for hydroxylation is 2. The first-order valence-electron chi connectivity index (χ1n) is 6.09. The fraction of sp³-hybridized carbons (Fsp3) is 0.417. The smallest absolute Gasteiger partial charge is 0.313 e. The highest BCUT2D eigenvalue weighted by molar-refractivity contribution is 7.99. The number of rotatable bonds is 6. The van der Waals surface area contributed by atoms with Gasteiger partial charge in [0.15, 0.2) is 5.16 Å². The summed E-state index contributed by atoms with van der Waals surface area (Å²) in [6.45, 7) is 4.86. The molecule has 2 aromatic rings. The van der Waals surface area contributed by atoms with Crippen LogP contribution in [0.4, 0.5) is 0 Å². The summed E-state index contributed by atoms with van der Waals surface area (Å²) in [5.41, 5.74) is 1.97. The zero-order valence-corrected chi connectivity index (χ0v) is 11.7. The highest BCUT2D eigenvalue weighted by Crippen LogP contribution is 2.23. The summed E-state index contributed by atoms with van der Waals surface area (Å²) < 4.78 is 3.80. The van der Waals surface area contributed by atoms with Crippen molar-refractivity contribution in [2.24, 2.45) is 0 Å². The quantitative estimate of drug-likeness (QED) is 0.817. The van der Waals surface area contributed by atoms with Gasteiger partial charge in [-0.2, -0.15) is 5.10 Å². The Morgan fingerprint density at radius 3 is 2.79 bits per heavy atom. The van der Waals surface area contributed by atoms with E-state index in [1.54, 1.807) is 12.4 Å². The maximum Gasteiger partial charge on any atom is 0.313 e. The van der Waals surface area contributed by atoms with Gasteiger partial charge in [-0.05, 0) is 13.3 Å². The molecule has 102 valence electrons. The van der Waals surface area contributed by atoms with Crippen molar-refractivity contribution in [2.45, 2.75) is 32.0 Å². The molecule has 0 aliphatic carbocycles. The van der Waals surface area contributed by atoms with E-state index >= 15 is 0 Å². The Morgan fingerprint density at radius 1 is 1.42 bits per heavy atom. The predicted octanol–water partition coefficient (Wildman–Crippen LogP) is 1.83. The molecule has 0 radical (unpaired) electrons. The maximum absolute atomic E-state index is 10.7. The molecule has 0 bridgehead atoms. The zero-order valence-electron chi connectivity index (χ0n) is 10.9. The molecule has 1 N–H and O–H groups in total. The van der Waals surface area contributed by atoms with Crippen LogP contribution in [0.25, 0.3) is 5.69 Å². The largest absolute Gasteiger partial charge is 0.481 e. The van der Waals surface area contributed by atoms with Gasteiger partial charge in [0.25, 0.3) is 0 Å². The van der Waals surface area contributed by atoms with Gasteiger partial charge in [0, 0.05) is 24.6 Å². The third-order valence-electron chi connectivity index (χ3n) is 2.69. The predicted molar refractivity (Wildman–Crippen MR) is 72.8 cm³/mol. The van der Waals surface area contributed by atoms with Crippen LogP contribution in [0.3, 0.4) is 0 Å². The highest BCUT2D eigenvalue weighted by atomic mass is 32.2. The fourth-order valence-electron chi connectivity index (χ4n) is 1.76. The van der Waals surface area contributed by atoms with Gasteiger partial charge in [-0.25, -0.2) is 4.98 Å². The number of carbonyl (C=O) groups is 1. The monoisotopic (exact) mass is 280 g/mol. The van der Waals surface area contributed by atoms with Crippen LogP contribution in [0.1, 0.15) is 19.5 Å². The first-order chi connectivity index (χ1) is 9.15. The van der Waals surface area contributed by atoms with Crippen molar-refractivity contribution in [3.8, 4) is 5.69 Å². The number of aliphatic carboxylic acids is 1. The third kappa shape index (κ3) is 2.98. The van der Waals surface area contributed by atoms with E-state index in [0.29, 0.717) is 5.16 Å². The molecule has 0 unspecified atom stereocenters. The van der Waals surface area contributed by atoms with Crippen molar-refractivity contribution in [1.29, 1.82) is 0 Å². The fourth-order valence-corrected chi connectivity index (χ4v) is 2.49. The number of imidazole rings is 1. The van der Waals surface area contributed by atoms with E-state index in [2.05, 4.69) is 10.1 Å². The Bertz CT molecular complexity index is 576. The molecule has 2 rings (SSSR count). The molecule has 0 saturated carbocycles. The number of thioether (sulfide) groups is 1. The van der Waals surface area contributed by atoms with Crippen molar-refractivity contribution in [3.63, 3.8) is 0 Å². The van der Waals surface area contributed by atoms with Gasteiger partial charge in [0.1, 0.15) is 0 Å². The number of hydrogen-bond acceptors (Lipinski definition) is 4. The summed E-state index contributed by atoms with van der Waals surface area (Å²) in [5.74, 6) is -0.843. The standard InChI is InChI=1S/C12H16N4O2S/c1-3-9-5-13-12(19-8-11(17)18)16(9)10-6-14-15(4-2)7-10/h5-7H,3-4,8H2,1-2H3,(H,17,18). The Labute approximate surface area is 115 Å². The van der Waals surface area contributed by atoms with Gasteiger partial charge in [-0.15, -0.1) is 0 Å². The normalized spacial score (nSPS) is 10.8. The lowest BCUT2D eigenvalue weighted by Crippen LogP contribution is -2.03. The van der Waals surface area contributed by atoms with Crippen LogP contribution in [-0.4, -0.2) is 36.2 Å². The van der Waals surface area contributed by atoms with E-state index in [9.17, 15) is 4.79 Å². The van der Waals surface area contributed by atoms with Crippen LogP contribution < -0.4 is 0 Å². The topological polar surface area (TPSA) is 72.9 Å². The molecular formula is C12H16N4O2S. The number of carboxylic acids is 1. The SMILES string of the molecule is CCc1cnc(SCC(=O)O)n1-c1cnn(CC)c1. The second-order valence-corrected chi connectivity index (χ2v) is 4.90. The molecule has 0 fully saturated rings. The van der Waals surface area contributed by atoms with Crippen LogP contribution in [0.2, 0.25) is 0 Å². The second-order valence-electron chi connectivity index (χ2n) is 3.96. The van der Waals surface area contributed by atoms with E-state index in [1.165, 1.54) is 11.8 Å². The van der Waals surface area contributed by atoms with Crippen LogP contribution >= 0.6 is 11.8 Å². The molecule has 2 aromatic heterocycles. The highest BCUT2D eigenvalue weighted by Gasteiger charge is 2.14. The Morgan fingerprint density at radius 2 is 2.21 bits per heavy atom. The van der Waals surface area contributed by atoms with E-state index < -0.39 is 5.97 Å². The second kappa shape index (κ2) is 5.92. The molecule has 0 aromatic carbocycles. The van der Waals surface area contributed by atoms with Gasteiger partial charge in [0.2, 0.25) is 0 Å². The maximum atomic E-state index is 10.7. The summed E-state index contributed by atoms with van der Waals surface area (Å²) in [4.78, 5) is 15.0. The average molecular weight is 280 g/mol. The number of carboxylic acid groups (broad SMARTS) is 1. The van der Waals surface area contributed by atoms with Crippen LogP contribution in [0, 0.1) is 0 Å². The zero-order chi connectivity index (χ0) is 13.8. The summed E-state index contributed by atoms with van der Waals surface area (Å²) in [5, 5.41) is 13.7. The lowest BCUT2D eigenvalue weighted by Gasteiger charge is -2.07. The van der Waals surface area contributed by atoms with Gasteiger partial charge >= 0.3 is 5.97 Å². The minimum absolute atomic E-state index is 0.00207. The summed E-state index contributed by atoms with van der Waals surface area (Å²) >= 11 is 1.22. The van der Waals surface area contributed by atoms with Crippen molar-refractivity contribution < 1.29 is 9.90 Å². The molecule has 0 aliphatic rings. The number of nitrogens with zero attached hydrogens (tertiary/aromatic N) is 4. The van der Waals surface area contributed by atoms with Gasteiger partial charge in [0.05, 0.1) is 17.6 Å². The summed E-state index contributed by atoms with van der Waals surface area (Å²) in [7, 11) is 0. The molecule has 0 saturated heterocycles.